The zero-order chi connectivity index (χ0) is 15.5. The topological polar surface area (TPSA) is 66.9 Å². The highest BCUT2D eigenvalue weighted by molar-refractivity contribution is 7.92. The van der Waals surface area contributed by atoms with Crippen LogP contribution in [0.25, 0.3) is 0 Å². The first-order valence-electron chi connectivity index (χ1n) is 6.03. The monoisotopic (exact) mass is 300 g/mol. The van der Waals surface area contributed by atoms with Crippen LogP contribution in [0.2, 0.25) is 0 Å². The highest BCUT2D eigenvalue weighted by atomic mass is 32.2. The van der Waals surface area contributed by atoms with E-state index >= 15 is 0 Å². The lowest BCUT2D eigenvalue weighted by Gasteiger charge is -2.29. The Bertz CT molecular complexity index is 567. The van der Waals surface area contributed by atoms with Crippen molar-refractivity contribution in [1.82, 2.24) is 4.90 Å². The van der Waals surface area contributed by atoms with Gasteiger partial charge in [0.05, 0.1) is 19.1 Å². The van der Waals surface area contributed by atoms with Crippen LogP contribution < -0.4 is 9.04 Å². The van der Waals surface area contributed by atoms with Crippen LogP contribution in [-0.2, 0) is 14.8 Å². The number of anilines is 1. The van der Waals surface area contributed by atoms with Gasteiger partial charge in [-0.15, -0.1) is 0 Å². The number of benzene rings is 1. The smallest absolute Gasteiger partial charge is 0.245 e. The molecule has 6 nitrogen and oxygen atoms in total. The van der Waals surface area contributed by atoms with Gasteiger partial charge in [0, 0.05) is 14.1 Å². The van der Waals surface area contributed by atoms with Crippen molar-refractivity contribution >= 4 is 21.6 Å². The second-order valence-electron chi connectivity index (χ2n) is 4.67. The maximum atomic E-state index is 12.0. The molecule has 1 unspecified atom stereocenters. The van der Waals surface area contributed by atoms with Gasteiger partial charge < -0.3 is 9.64 Å². The minimum absolute atomic E-state index is 0.286. The van der Waals surface area contributed by atoms with E-state index in [1.165, 1.54) is 12.0 Å². The van der Waals surface area contributed by atoms with E-state index in [1.54, 1.807) is 45.3 Å². The normalized spacial score (nSPS) is 12.7. The Labute approximate surface area is 120 Å². The first kappa shape index (κ1) is 16.3. The lowest BCUT2D eigenvalue weighted by Crippen LogP contribution is -2.47. The molecule has 0 aliphatic carbocycles. The first-order chi connectivity index (χ1) is 9.18. The second kappa shape index (κ2) is 6.13. The molecule has 0 fully saturated rings. The fourth-order valence-corrected chi connectivity index (χ4v) is 3.07. The van der Waals surface area contributed by atoms with Gasteiger partial charge in [-0.3, -0.25) is 9.10 Å². The van der Waals surface area contributed by atoms with Crippen LogP contribution in [0.1, 0.15) is 6.92 Å². The van der Waals surface area contributed by atoms with Crippen molar-refractivity contribution in [2.45, 2.75) is 13.0 Å². The minimum Gasteiger partial charge on any atom is -0.497 e. The molecule has 1 aromatic rings. The van der Waals surface area contributed by atoms with E-state index < -0.39 is 16.1 Å². The first-order valence-corrected chi connectivity index (χ1v) is 7.88. The average Bonchev–Trinajstić information content (AvgIpc) is 2.37. The third-order valence-corrected chi connectivity index (χ3v) is 4.08. The molecule has 0 aromatic heterocycles. The molecule has 1 rings (SSSR count). The number of likely N-dealkylation sites (N-methyl/N-ethyl adjacent to an activating group) is 1. The van der Waals surface area contributed by atoms with Gasteiger partial charge in [-0.05, 0) is 31.2 Å². The maximum absolute atomic E-state index is 12.0. The number of hydrogen-bond donors (Lipinski definition) is 0. The molecular weight excluding hydrogens is 280 g/mol. The Morgan fingerprint density at radius 3 is 2.05 bits per heavy atom. The van der Waals surface area contributed by atoms with Crippen molar-refractivity contribution < 1.29 is 17.9 Å². The van der Waals surface area contributed by atoms with Gasteiger partial charge in [0.25, 0.3) is 0 Å². The van der Waals surface area contributed by atoms with E-state index in [4.69, 9.17) is 4.74 Å². The molecular formula is C13H20N2O4S. The van der Waals surface area contributed by atoms with Crippen molar-refractivity contribution in [2.75, 3.05) is 31.8 Å². The predicted octanol–water partition coefficient (Wildman–Crippen LogP) is 0.938. The molecule has 0 heterocycles. The fraction of sp³-hybridized carbons (Fsp3) is 0.462. The Balaban J connectivity index is 3.22. The summed E-state index contributed by atoms with van der Waals surface area (Å²) >= 11 is 0. The Morgan fingerprint density at radius 1 is 1.20 bits per heavy atom. The molecule has 1 atom stereocenters. The summed E-state index contributed by atoms with van der Waals surface area (Å²) in [5.41, 5.74) is 0.427. The summed E-state index contributed by atoms with van der Waals surface area (Å²) in [6, 6.07) is 5.72. The lowest BCUT2D eigenvalue weighted by atomic mass is 10.2. The van der Waals surface area contributed by atoms with Crippen LogP contribution in [0.5, 0.6) is 5.75 Å². The fourth-order valence-electron chi connectivity index (χ4n) is 1.91. The van der Waals surface area contributed by atoms with Crippen LogP contribution in [0.15, 0.2) is 24.3 Å². The SMILES string of the molecule is COc1ccc(N(C(C)C(=O)N(C)C)S(C)(=O)=O)cc1. The Kier molecular flexibility index (Phi) is 4.99. The van der Waals surface area contributed by atoms with Crippen molar-refractivity contribution in [1.29, 1.82) is 0 Å². The summed E-state index contributed by atoms with van der Waals surface area (Å²) in [5, 5.41) is 0. The number of carbonyl (C=O) groups is 1. The van der Waals surface area contributed by atoms with Crippen molar-refractivity contribution in [2.24, 2.45) is 0 Å². The summed E-state index contributed by atoms with van der Waals surface area (Å²) in [4.78, 5) is 13.4. The molecule has 0 aliphatic rings. The Morgan fingerprint density at radius 2 is 1.70 bits per heavy atom. The third-order valence-electron chi connectivity index (χ3n) is 2.83. The quantitative estimate of drug-likeness (QED) is 0.811. The van der Waals surface area contributed by atoms with Crippen LogP contribution in [0, 0.1) is 0 Å². The van der Waals surface area contributed by atoms with E-state index in [-0.39, 0.29) is 5.91 Å². The van der Waals surface area contributed by atoms with Crippen molar-refractivity contribution in [3.8, 4) is 5.75 Å². The molecule has 1 amide bonds. The van der Waals surface area contributed by atoms with Gasteiger partial charge in [-0.1, -0.05) is 0 Å². The minimum atomic E-state index is -3.57. The van der Waals surface area contributed by atoms with Gasteiger partial charge >= 0.3 is 0 Å². The van der Waals surface area contributed by atoms with Gasteiger partial charge in [-0.25, -0.2) is 8.42 Å². The molecule has 20 heavy (non-hydrogen) atoms. The number of carbonyl (C=O) groups excluding carboxylic acids is 1. The Hall–Kier alpha value is -1.76. The molecule has 0 radical (unpaired) electrons. The lowest BCUT2D eigenvalue weighted by molar-refractivity contribution is -0.129. The standard InChI is InChI=1S/C13H20N2O4S/c1-10(13(16)14(2)3)15(20(5,17)18)11-6-8-12(19-4)9-7-11/h6-10H,1-5H3. The number of ether oxygens (including phenoxy) is 1. The van der Waals surface area contributed by atoms with Gasteiger partial charge in [0.1, 0.15) is 11.8 Å². The summed E-state index contributed by atoms with van der Waals surface area (Å²) in [5.74, 6) is 0.333. The van der Waals surface area contributed by atoms with E-state index in [1.807, 2.05) is 0 Å². The molecule has 1 aromatic carbocycles. The summed E-state index contributed by atoms with van der Waals surface area (Å²) in [6.07, 6.45) is 1.08. The predicted molar refractivity (Wildman–Crippen MR) is 78.5 cm³/mol. The number of rotatable bonds is 5. The third kappa shape index (κ3) is 3.63. The number of nitrogens with zero attached hydrogens (tertiary/aromatic N) is 2. The molecule has 0 aliphatic heterocycles. The van der Waals surface area contributed by atoms with Crippen molar-refractivity contribution in [3.63, 3.8) is 0 Å². The maximum Gasteiger partial charge on any atom is 0.245 e. The molecule has 7 heteroatoms. The zero-order valence-electron chi connectivity index (χ0n) is 12.3. The molecule has 0 saturated heterocycles. The largest absolute Gasteiger partial charge is 0.497 e. The molecule has 112 valence electrons. The van der Waals surface area contributed by atoms with Crippen molar-refractivity contribution in [3.05, 3.63) is 24.3 Å². The highest BCUT2D eigenvalue weighted by Gasteiger charge is 2.29. The van der Waals surface area contributed by atoms with E-state index in [0.717, 1.165) is 10.6 Å². The molecule has 0 saturated carbocycles. The number of amides is 1. The van der Waals surface area contributed by atoms with E-state index in [0.29, 0.717) is 11.4 Å². The molecule has 0 bridgehead atoms. The second-order valence-corrected chi connectivity index (χ2v) is 6.52. The summed E-state index contributed by atoms with van der Waals surface area (Å²) < 4.78 is 30.1. The van der Waals surface area contributed by atoms with E-state index in [9.17, 15) is 13.2 Å². The number of sulfonamides is 1. The number of hydrogen-bond acceptors (Lipinski definition) is 4. The van der Waals surface area contributed by atoms with Crippen LogP contribution in [-0.4, -0.2) is 52.7 Å². The highest BCUT2D eigenvalue weighted by Crippen LogP contribution is 2.24. The van der Waals surface area contributed by atoms with Gasteiger partial charge in [0.15, 0.2) is 0 Å². The number of methoxy groups -OCH3 is 1. The zero-order valence-corrected chi connectivity index (χ0v) is 13.1. The van der Waals surface area contributed by atoms with Gasteiger partial charge in [-0.2, -0.15) is 0 Å². The molecule has 0 N–H and O–H groups in total. The summed E-state index contributed by atoms with van der Waals surface area (Å²) in [6.45, 7) is 1.56. The van der Waals surface area contributed by atoms with Crippen LogP contribution >= 0.6 is 0 Å². The van der Waals surface area contributed by atoms with E-state index in [2.05, 4.69) is 0 Å². The van der Waals surface area contributed by atoms with Gasteiger partial charge in [0.2, 0.25) is 15.9 Å². The van der Waals surface area contributed by atoms with Crippen LogP contribution in [0.4, 0.5) is 5.69 Å². The average molecular weight is 300 g/mol. The molecule has 0 spiro atoms. The van der Waals surface area contributed by atoms with Crippen LogP contribution in [0.3, 0.4) is 0 Å². The summed E-state index contributed by atoms with van der Waals surface area (Å²) in [7, 11) is 1.14.